The number of carbonyl (C=O) groups is 1. The first-order chi connectivity index (χ1) is 8.25. The zero-order valence-corrected chi connectivity index (χ0v) is 9.22. The normalized spacial score (nSPS) is 9.88. The highest BCUT2D eigenvalue weighted by Crippen LogP contribution is 2.09. The quantitative estimate of drug-likeness (QED) is 0.862. The van der Waals surface area contributed by atoms with E-state index in [4.69, 9.17) is 0 Å². The zero-order chi connectivity index (χ0) is 12.1. The van der Waals surface area contributed by atoms with Crippen molar-refractivity contribution in [2.45, 2.75) is 6.54 Å². The van der Waals surface area contributed by atoms with Crippen LogP contribution in [0.2, 0.25) is 0 Å². The molecular weight excluding hydrogens is 214 g/mol. The van der Waals surface area contributed by atoms with Gasteiger partial charge >= 0.3 is 0 Å². The lowest BCUT2D eigenvalue weighted by Gasteiger charge is -2.07. The molecule has 2 rings (SSSR count). The Hall–Kier alpha value is -2.29. The molecule has 0 saturated heterocycles. The van der Waals surface area contributed by atoms with Gasteiger partial charge in [0.15, 0.2) is 0 Å². The molecule has 0 aromatic heterocycles. The van der Waals surface area contributed by atoms with Crippen LogP contribution in [0.5, 0.6) is 0 Å². The Bertz CT molecular complexity index is 491. The molecule has 0 spiro atoms. The van der Waals surface area contributed by atoms with Gasteiger partial charge in [0.05, 0.1) is 5.97 Å². The largest absolute Gasteiger partial charge is 0.545 e. The summed E-state index contributed by atoms with van der Waals surface area (Å²) in [6.45, 7) is 0.664. The first-order valence-electron chi connectivity index (χ1n) is 5.35. The van der Waals surface area contributed by atoms with Gasteiger partial charge in [-0.05, 0) is 23.3 Å². The molecule has 1 N–H and O–H groups in total. The van der Waals surface area contributed by atoms with Crippen molar-refractivity contribution in [3.8, 4) is 0 Å². The van der Waals surface area contributed by atoms with E-state index in [0.717, 1.165) is 11.3 Å². The van der Waals surface area contributed by atoms with Crippen molar-refractivity contribution in [2.75, 3.05) is 5.32 Å². The van der Waals surface area contributed by atoms with Gasteiger partial charge in [-0.2, -0.15) is 0 Å². The highest BCUT2D eigenvalue weighted by atomic mass is 16.4. The third-order valence-electron chi connectivity index (χ3n) is 2.46. The number of rotatable bonds is 4. The smallest absolute Gasteiger partial charge is 0.0715 e. The molecule has 0 bridgehead atoms. The van der Waals surface area contributed by atoms with Crippen LogP contribution in [0, 0.1) is 0 Å². The van der Waals surface area contributed by atoms with Crippen LogP contribution < -0.4 is 10.4 Å². The summed E-state index contributed by atoms with van der Waals surface area (Å²) in [6, 6.07) is 16.5. The van der Waals surface area contributed by atoms with Crippen LogP contribution in [0.25, 0.3) is 0 Å². The summed E-state index contributed by atoms with van der Waals surface area (Å²) in [5, 5.41) is 13.8. The number of para-hydroxylation sites is 1. The van der Waals surface area contributed by atoms with E-state index in [1.165, 1.54) is 0 Å². The molecule has 2 aromatic rings. The van der Waals surface area contributed by atoms with E-state index < -0.39 is 5.97 Å². The van der Waals surface area contributed by atoms with Gasteiger partial charge < -0.3 is 15.2 Å². The first kappa shape index (κ1) is 11.2. The Morgan fingerprint density at radius 3 is 2.24 bits per heavy atom. The van der Waals surface area contributed by atoms with E-state index in [0.29, 0.717) is 6.54 Å². The second kappa shape index (κ2) is 5.16. The van der Waals surface area contributed by atoms with E-state index in [2.05, 4.69) is 5.32 Å². The lowest BCUT2D eigenvalue weighted by Crippen LogP contribution is -2.22. The molecule has 0 radical (unpaired) electrons. The van der Waals surface area contributed by atoms with E-state index in [1.807, 2.05) is 30.3 Å². The minimum atomic E-state index is -1.15. The Morgan fingerprint density at radius 2 is 1.65 bits per heavy atom. The van der Waals surface area contributed by atoms with Crippen LogP contribution in [-0.4, -0.2) is 5.97 Å². The molecule has 0 saturated carbocycles. The highest BCUT2D eigenvalue weighted by Gasteiger charge is 1.95. The van der Waals surface area contributed by atoms with E-state index in [9.17, 15) is 9.90 Å². The molecule has 0 amide bonds. The van der Waals surface area contributed by atoms with Gasteiger partial charge in [0.2, 0.25) is 0 Å². The van der Waals surface area contributed by atoms with Gasteiger partial charge in [-0.15, -0.1) is 0 Å². The summed E-state index contributed by atoms with van der Waals surface area (Å²) in [4.78, 5) is 10.6. The summed E-state index contributed by atoms with van der Waals surface area (Å²) in [5.74, 6) is -1.15. The first-order valence-corrected chi connectivity index (χ1v) is 5.35. The van der Waals surface area contributed by atoms with Gasteiger partial charge in [-0.1, -0.05) is 42.5 Å². The second-order valence-corrected chi connectivity index (χ2v) is 3.70. The summed E-state index contributed by atoms with van der Waals surface area (Å²) < 4.78 is 0. The van der Waals surface area contributed by atoms with Crippen LogP contribution >= 0.6 is 0 Å². The second-order valence-electron chi connectivity index (χ2n) is 3.70. The van der Waals surface area contributed by atoms with Crippen LogP contribution in [-0.2, 0) is 6.54 Å². The predicted octanol–water partition coefficient (Wildman–Crippen LogP) is 1.66. The Labute approximate surface area is 99.7 Å². The monoisotopic (exact) mass is 226 g/mol. The number of carboxylic acid groups (broad SMARTS) is 1. The molecule has 2 aromatic carbocycles. The van der Waals surface area contributed by atoms with E-state index >= 15 is 0 Å². The Morgan fingerprint density at radius 1 is 1.00 bits per heavy atom. The average Bonchev–Trinajstić information content (AvgIpc) is 2.38. The van der Waals surface area contributed by atoms with Crippen molar-refractivity contribution in [3.05, 3.63) is 65.7 Å². The minimum Gasteiger partial charge on any atom is -0.545 e. The number of nitrogens with one attached hydrogen (secondary N) is 1. The van der Waals surface area contributed by atoms with Crippen molar-refractivity contribution in [3.63, 3.8) is 0 Å². The van der Waals surface area contributed by atoms with Crippen LogP contribution in [0.4, 0.5) is 5.69 Å². The van der Waals surface area contributed by atoms with Crippen molar-refractivity contribution in [1.29, 1.82) is 0 Å². The topological polar surface area (TPSA) is 52.2 Å². The number of aromatic carboxylic acids is 1. The van der Waals surface area contributed by atoms with Gasteiger partial charge in [-0.25, -0.2) is 0 Å². The van der Waals surface area contributed by atoms with E-state index in [1.54, 1.807) is 24.3 Å². The van der Waals surface area contributed by atoms with Crippen molar-refractivity contribution < 1.29 is 9.90 Å². The summed E-state index contributed by atoms with van der Waals surface area (Å²) in [6.07, 6.45) is 0. The number of carbonyl (C=O) groups excluding carboxylic acids is 1. The fourth-order valence-corrected chi connectivity index (χ4v) is 1.52. The molecule has 0 unspecified atom stereocenters. The molecule has 0 aliphatic carbocycles. The average molecular weight is 226 g/mol. The SMILES string of the molecule is O=C([O-])c1ccc(CNc2ccccc2)cc1. The standard InChI is InChI=1S/C14H13NO2/c16-14(17)12-8-6-11(7-9-12)10-15-13-4-2-1-3-5-13/h1-9,15H,10H2,(H,16,17)/p-1. The number of benzene rings is 2. The third-order valence-corrected chi connectivity index (χ3v) is 2.46. The molecule has 0 aliphatic heterocycles. The number of hydrogen-bond donors (Lipinski definition) is 1. The fraction of sp³-hybridized carbons (Fsp3) is 0.0714. The number of hydrogen-bond acceptors (Lipinski definition) is 3. The number of carboxylic acids is 1. The van der Waals surface area contributed by atoms with Gasteiger partial charge in [-0.3, -0.25) is 0 Å². The molecular formula is C14H12NO2-. The van der Waals surface area contributed by atoms with Crippen molar-refractivity contribution in [1.82, 2.24) is 0 Å². The van der Waals surface area contributed by atoms with E-state index in [-0.39, 0.29) is 5.56 Å². The van der Waals surface area contributed by atoms with Gasteiger partial charge in [0, 0.05) is 12.2 Å². The van der Waals surface area contributed by atoms with Gasteiger partial charge in [0.25, 0.3) is 0 Å². The third kappa shape index (κ3) is 3.08. The fourth-order valence-electron chi connectivity index (χ4n) is 1.52. The summed E-state index contributed by atoms with van der Waals surface area (Å²) in [7, 11) is 0. The molecule has 86 valence electrons. The molecule has 3 nitrogen and oxygen atoms in total. The van der Waals surface area contributed by atoms with Crippen LogP contribution in [0.3, 0.4) is 0 Å². The van der Waals surface area contributed by atoms with Crippen LogP contribution in [0.15, 0.2) is 54.6 Å². The molecule has 0 fully saturated rings. The minimum absolute atomic E-state index is 0.202. The summed E-state index contributed by atoms with van der Waals surface area (Å²) in [5.41, 5.74) is 2.27. The van der Waals surface area contributed by atoms with Crippen molar-refractivity contribution >= 4 is 11.7 Å². The van der Waals surface area contributed by atoms with Crippen LogP contribution in [0.1, 0.15) is 15.9 Å². The zero-order valence-electron chi connectivity index (χ0n) is 9.22. The predicted molar refractivity (Wildman–Crippen MR) is 64.5 cm³/mol. The lowest BCUT2D eigenvalue weighted by molar-refractivity contribution is -0.255. The van der Waals surface area contributed by atoms with Crippen molar-refractivity contribution in [2.24, 2.45) is 0 Å². The highest BCUT2D eigenvalue weighted by molar-refractivity contribution is 5.85. The molecule has 0 heterocycles. The maximum atomic E-state index is 10.6. The maximum Gasteiger partial charge on any atom is 0.0715 e. The maximum absolute atomic E-state index is 10.6. The number of anilines is 1. The Balaban J connectivity index is 1.98. The van der Waals surface area contributed by atoms with Gasteiger partial charge in [0.1, 0.15) is 0 Å². The molecule has 0 aliphatic rings. The Kier molecular flexibility index (Phi) is 3.40. The molecule has 3 heteroatoms. The molecule has 17 heavy (non-hydrogen) atoms. The lowest BCUT2D eigenvalue weighted by atomic mass is 10.1. The summed E-state index contributed by atoms with van der Waals surface area (Å²) >= 11 is 0. The molecule has 0 atom stereocenters.